The first-order valence-electron chi connectivity index (χ1n) is 19.4. The first-order chi connectivity index (χ1) is 27.9. The van der Waals surface area contributed by atoms with Crippen LogP contribution < -0.4 is 4.90 Å². The molecule has 8 aromatic carbocycles. The van der Waals surface area contributed by atoms with Crippen molar-refractivity contribution in [1.82, 2.24) is 0 Å². The Kier molecular flexibility index (Phi) is 7.82. The maximum Gasteiger partial charge on any atom is 0.0991 e. The minimum Gasteiger partial charge on any atom is -0.310 e. The third-order valence-corrected chi connectivity index (χ3v) is 12.2. The van der Waals surface area contributed by atoms with Gasteiger partial charge in [-0.1, -0.05) is 147 Å². The fraction of sp³-hybridized carbons (Fsp3) is 0.0741. The molecule has 3 heteroatoms. The molecule has 0 heterocycles. The van der Waals surface area contributed by atoms with Crippen molar-refractivity contribution in [1.29, 1.82) is 10.5 Å². The fourth-order valence-corrected chi connectivity index (χ4v) is 9.57. The Hall–Kier alpha value is -7.46. The summed E-state index contributed by atoms with van der Waals surface area (Å²) in [5.74, 6) is 0. The highest BCUT2D eigenvalue weighted by atomic mass is 15.1. The first kappa shape index (κ1) is 34.1. The molecule has 0 radical (unpaired) electrons. The van der Waals surface area contributed by atoms with Crippen molar-refractivity contribution in [3.05, 3.63) is 233 Å². The molecule has 0 N–H and O–H groups in total. The number of rotatable bonds is 6. The summed E-state index contributed by atoms with van der Waals surface area (Å²) in [4.78, 5) is 2.43. The number of nitriles is 2. The predicted octanol–water partition coefficient (Wildman–Crippen LogP) is 13.2. The van der Waals surface area contributed by atoms with Crippen molar-refractivity contribution in [2.24, 2.45) is 0 Å². The van der Waals surface area contributed by atoms with Crippen molar-refractivity contribution < 1.29 is 0 Å². The molecule has 0 fully saturated rings. The molecule has 3 nitrogen and oxygen atoms in total. The standard InChI is InChI=1S/C54H37N3/c1-53(2)47-15-8-6-13-44(47)45-32-31-43(33-50(45)53)57(42-29-23-39(24-30-42)38-11-4-3-5-12-38)51-18-10-17-49-52(51)46-14-7-9-16-48(46)54(49,40-25-19-36(34-55)20-26-40)41-27-21-37(35-56)22-28-41/h3-33H,1-2H3. The van der Waals surface area contributed by atoms with Crippen LogP contribution in [-0.2, 0) is 10.8 Å². The summed E-state index contributed by atoms with van der Waals surface area (Å²) in [5.41, 5.74) is 17.9. The van der Waals surface area contributed by atoms with Crippen molar-refractivity contribution in [2.45, 2.75) is 24.7 Å². The molecule has 0 spiro atoms. The Bertz CT molecular complexity index is 2870. The van der Waals surface area contributed by atoms with Gasteiger partial charge in [0.2, 0.25) is 0 Å². The Morgan fingerprint density at radius 1 is 0.421 bits per heavy atom. The summed E-state index contributed by atoms with van der Waals surface area (Å²) in [6.45, 7) is 4.67. The summed E-state index contributed by atoms with van der Waals surface area (Å²) < 4.78 is 0. The summed E-state index contributed by atoms with van der Waals surface area (Å²) in [5, 5.41) is 19.6. The van der Waals surface area contributed by atoms with Crippen LogP contribution in [0, 0.1) is 22.7 Å². The molecule has 0 amide bonds. The van der Waals surface area contributed by atoms with Crippen LogP contribution in [0.15, 0.2) is 188 Å². The zero-order valence-electron chi connectivity index (χ0n) is 31.7. The number of hydrogen-bond donors (Lipinski definition) is 0. The van der Waals surface area contributed by atoms with Crippen molar-refractivity contribution in [2.75, 3.05) is 4.90 Å². The molecule has 2 aliphatic rings. The predicted molar refractivity (Wildman–Crippen MR) is 231 cm³/mol. The van der Waals surface area contributed by atoms with Gasteiger partial charge in [-0.3, -0.25) is 0 Å². The zero-order chi connectivity index (χ0) is 38.7. The van der Waals surface area contributed by atoms with E-state index in [0.717, 1.165) is 56.0 Å². The minimum atomic E-state index is -0.714. The van der Waals surface area contributed by atoms with Gasteiger partial charge >= 0.3 is 0 Å². The van der Waals surface area contributed by atoms with E-state index in [2.05, 4.69) is 195 Å². The lowest BCUT2D eigenvalue weighted by Gasteiger charge is -2.34. The highest BCUT2D eigenvalue weighted by Gasteiger charge is 2.47. The quantitative estimate of drug-likeness (QED) is 0.171. The highest BCUT2D eigenvalue weighted by molar-refractivity contribution is 5.98. The molecule has 268 valence electrons. The Morgan fingerprint density at radius 2 is 0.947 bits per heavy atom. The van der Waals surface area contributed by atoms with Crippen molar-refractivity contribution in [3.63, 3.8) is 0 Å². The second-order valence-corrected chi connectivity index (χ2v) is 15.5. The zero-order valence-corrected chi connectivity index (χ0v) is 31.7. The Labute approximate surface area is 334 Å². The van der Waals surface area contributed by atoms with Gasteiger partial charge in [-0.15, -0.1) is 0 Å². The summed E-state index contributed by atoms with van der Waals surface area (Å²) >= 11 is 0. The minimum absolute atomic E-state index is 0.170. The molecular formula is C54H37N3. The monoisotopic (exact) mass is 727 g/mol. The van der Waals surface area contributed by atoms with Crippen molar-refractivity contribution >= 4 is 17.1 Å². The molecule has 57 heavy (non-hydrogen) atoms. The van der Waals surface area contributed by atoms with E-state index in [4.69, 9.17) is 0 Å². The van der Waals surface area contributed by atoms with Gasteiger partial charge in [0.25, 0.3) is 0 Å². The van der Waals surface area contributed by atoms with Gasteiger partial charge < -0.3 is 4.90 Å². The molecular weight excluding hydrogens is 691 g/mol. The highest BCUT2D eigenvalue weighted by Crippen LogP contribution is 2.60. The lowest BCUT2D eigenvalue weighted by Crippen LogP contribution is -2.28. The Balaban J connectivity index is 1.25. The lowest BCUT2D eigenvalue weighted by atomic mass is 9.67. The fourth-order valence-electron chi connectivity index (χ4n) is 9.57. The molecule has 0 saturated carbocycles. The van der Waals surface area contributed by atoms with Crippen LogP contribution in [0.25, 0.3) is 33.4 Å². The van der Waals surface area contributed by atoms with Gasteiger partial charge in [0.05, 0.1) is 34.4 Å². The number of benzene rings is 8. The average Bonchev–Trinajstić information content (AvgIpc) is 3.70. The van der Waals surface area contributed by atoms with Gasteiger partial charge in [0.1, 0.15) is 0 Å². The van der Waals surface area contributed by atoms with E-state index in [0.29, 0.717) is 11.1 Å². The second kappa shape index (κ2) is 13.1. The van der Waals surface area contributed by atoms with E-state index in [9.17, 15) is 10.5 Å². The van der Waals surface area contributed by atoms with Gasteiger partial charge in [0.15, 0.2) is 0 Å². The van der Waals surface area contributed by atoms with Gasteiger partial charge in [-0.25, -0.2) is 0 Å². The molecule has 0 aromatic heterocycles. The van der Waals surface area contributed by atoms with Crippen LogP contribution in [-0.4, -0.2) is 0 Å². The largest absolute Gasteiger partial charge is 0.310 e. The first-order valence-corrected chi connectivity index (χ1v) is 19.4. The van der Waals surface area contributed by atoms with Crippen molar-refractivity contribution in [3.8, 4) is 45.5 Å². The molecule has 0 atom stereocenters. The summed E-state index contributed by atoms with van der Waals surface area (Å²) in [7, 11) is 0. The van der Waals surface area contributed by atoms with Gasteiger partial charge in [-0.2, -0.15) is 10.5 Å². The molecule has 0 unspecified atom stereocenters. The van der Waals surface area contributed by atoms with E-state index in [1.165, 1.54) is 27.8 Å². The van der Waals surface area contributed by atoms with E-state index in [1.54, 1.807) is 0 Å². The van der Waals surface area contributed by atoms with Gasteiger partial charge in [0, 0.05) is 22.4 Å². The smallest absolute Gasteiger partial charge is 0.0991 e. The summed E-state index contributed by atoms with van der Waals surface area (Å²) in [6.07, 6.45) is 0. The molecule has 2 aliphatic carbocycles. The normalized spacial score (nSPS) is 13.7. The van der Waals surface area contributed by atoms with E-state index < -0.39 is 5.41 Å². The number of hydrogen-bond acceptors (Lipinski definition) is 3. The van der Waals surface area contributed by atoms with Crippen LogP contribution in [0.3, 0.4) is 0 Å². The van der Waals surface area contributed by atoms with E-state index >= 15 is 0 Å². The average molecular weight is 728 g/mol. The lowest BCUT2D eigenvalue weighted by molar-refractivity contribution is 0.660. The maximum atomic E-state index is 9.80. The number of nitrogens with zero attached hydrogens (tertiary/aromatic N) is 3. The van der Waals surface area contributed by atoms with E-state index in [1.807, 2.05) is 24.3 Å². The molecule has 10 rings (SSSR count). The third-order valence-electron chi connectivity index (χ3n) is 12.2. The molecule has 8 aromatic rings. The van der Waals surface area contributed by atoms with Crippen LogP contribution in [0.2, 0.25) is 0 Å². The molecule has 0 aliphatic heterocycles. The van der Waals surface area contributed by atoms with Crippen LogP contribution in [0.4, 0.5) is 17.1 Å². The topological polar surface area (TPSA) is 50.8 Å². The van der Waals surface area contributed by atoms with Crippen LogP contribution >= 0.6 is 0 Å². The Morgan fingerprint density at radius 3 is 1.60 bits per heavy atom. The maximum absolute atomic E-state index is 9.80. The summed E-state index contributed by atoms with van der Waals surface area (Å²) in [6, 6.07) is 71.3. The number of anilines is 3. The molecule has 0 bridgehead atoms. The van der Waals surface area contributed by atoms with Crippen LogP contribution in [0.5, 0.6) is 0 Å². The van der Waals surface area contributed by atoms with E-state index in [-0.39, 0.29) is 5.41 Å². The SMILES string of the molecule is CC1(C)c2ccccc2-c2ccc(N(c3ccc(-c4ccccc4)cc3)c3cccc4c3-c3ccccc3C4(c3ccc(C#N)cc3)c3ccc(C#N)cc3)cc21. The second-order valence-electron chi connectivity index (χ2n) is 15.5. The van der Waals surface area contributed by atoms with Crippen LogP contribution in [0.1, 0.15) is 58.4 Å². The molecule has 0 saturated heterocycles. The number of fused-ring (bicyclic) bond motifs is 6. The van der Waals surface area contributed by atoms with Gasteiger partial charge in [-0.05, 0) is 116 Å². The third kappa shape index (κ3) is 5.10.